The normalized spacial score (nSPS) is 29.9. The Morgan fingerprint density at radius 3 is 2.57 bits per heavy atom. The number of carbonyl (C=O) groups excluding carboxylic acids is 3. The molecule has 3 amide bonds. The number of thioether (sulfide) groups is 1. The van der Waals surface area contributed by atoms with Gasteiger partial charge in [0.1, 0.15) is 6.04 Å². The van der Waals surface area contributed by atoms with Crippen LogP contribution in [0.15, 0.2) is 48.5 Å². The van der Waals surface area contributed by atoms with Crippen LogP contribution in [0.25, 0.3) is 0 Å². The fraction of sp³-hybridized carbons (Fsp3) is 0.464. The van der Waals surface area contributed by atoms with Gasteiger partial charge in [-0.3, -0.25) is 14.4 Å². The minimum Gasteiger partial charge on any atom is -0.396 e. The second-order valence-corrected chi connectivity index (χ2v) is 12.2. The van der Waals surface area contributed by atoms with Gasteiger partial charge in [-0.1, -0.05) is 48.9 Å². The van der Waals surface area contributed by atoms with E-state index in [-0.39, 0.29) is 35.5 Å². The second-order valence-electron chi connectivity index (χ2n) is 10.3. The van der Waals surface area contributed by atoms with Gasteiger partial charge in [0.05, 0.1) is 27.3 Å². The predicted molar refractivity (Wildman–Crippen MR) is 147 cm³/mol. The van der Waals surface area contributed by atoms with Crippen molar-refractivity contribution >= 4 is 52.5 Å². The van der Waals surface area contributed by atoms with Gasteiger partial charge in [0.15, 0.2) is 0 Å². The van der Waals surface area contributed by atoms with Crippen molar-refractivity contribution in [3.63, 3.8) is 0 Å². The molecule has 3 unspecified atom stereocenters. The van der Waals surface area contributed by atoms with Crippen molar-refractivity contribution in [3.8, 4) is 0 Å². The summed E-state index contributed by atoms with van der Waals surface area (Å²) in [7, 11) is 0. The van der Waals surface area contributed by atoms with Gasteiger partial charge in [0.2, 0.25) is 17.7 Å². The Labute approximate surface area is 226 Å². The van der Waals surface area contributed by atoms with E-state index in [2.05, 4.69) is 17.6 Å². The van der Waals surface area contributed by atoms with Crippen LogP contribution in [0.2, 0.25) is 5.02 Å². The Bertz CT molecular complexity index is 1190. The topological polar surface area (TPSA) is 98.7 Å². The third kappa shape index (κ3) is 4.33. The van der Waals surface area contributed by atoms with E-state index >= 15 is 0 Å². The molecule has 0 aromatic heterocycles. The number of rotatable bonds is 8. The fourth-order valence-electron chi connectivity index (χ4n) is 6.48. The number of para-hydroxylation sites is 2. The molecule has 3 fully saturated rings. The zero-order valence-electron chi connectivity index (χ0n) is 20.9. The maximum Gasteiger partial charge on any atom is 0.248 e. The highest BCUT2D eigenvalue weighted by molar-refractivity contribution is 8.02. The lowest BCUT2D eigenvalue weighted by molar-refractivity contribution is -0.138. The molecule has 3 aliphatic heterocycles. The van der Waals surface area contributed by atoms with E-state index in [9.17, 15) is 19.5 Å². The maximum atomic E-state index is 14.0. The smallest absolute Gasteiger partial charge is 0.248 e. The summed E-state index contributed by atoms with van der Waals surface area (Å²) in [5.41, 5.74) is 2.07. The minimum absolute atomic E-state index is 0.0155. The summed E-state index contributed by atoms with van der Waals surface area (Å²) in [5.74, 6) is -1.64. The molecule has 6 atom stereocenters. The minimum atomic E-state index is -0.737. The highest BCUT2D eigenvalue weighted by atomic mass is 35.5. The van der Waals surface area contributed by atoms with Crippen molar-refractivity contribution in [2.24, 2.45) is 17.8 Å². The summed E-state index contributed by atoms with van der Waals surface area (Å²) in [6.07, 6.45) is 1.87. The van der Waals surface area contributed by atoms with Crippen LogP contribution in [0, 0.1) is 24.7 Å². The Hall–Kier alpha value is -2.55. The lowest BCUT2D eigenvalue weighted by atomic mass is 9.66. The molecule has 0 radical (unpaired) electrons. The lowest BCUT2D eigenvalue weighted by Crippen LogP contribution is -2.55. The number of unbranched alkanes of at least 4 members (excludes halogenated alkanes) is 1. The monoisotopic (exact) mass is 541 g/mol. The lowest BCUT2D eigenvalue weighted by Gasteiger charge is -2.38. The number of carbonyl (C=O) groups is 3. The first-order valence-electron chi connectivity index (χ1n) is 12.8. The molecular weight excluding hydrogens is 510 g/mol. The van der Waals surface area contributed by atoms with Gasteiger partial charge in [-0.2, -0.15) is 0 Å². The Balaban J connectivity index is 1.50. The predicted octanol–water partition coefficient (Wildman–Crippen LogP) is 4.34. The number of aliphatic hydroxyl groups excluding tert-OH is 1. The van der Waals surface area contributed by atoms with Crippen LogP contribution in [-0.2, 0) is 14.4 Å². The molecule has 0 saturated carbocycles. The standard InChI is InChI=1S/C28H32ClN3O4S/c1-16-9-8-12-19(29)23(16)31-26(35)24-28-17(2)15-20(37-28)21(25(34)30-18-10-4-3-5-11-18)22(28)27(36)32(24)13-6-7-14-33/h3-5,8-12,17,20-22,24,33H,6-7,13-15H2,1-2H3,(H,30,34)(H,31,35)/t17?,20-,21+,22+,24?,28?/m1/s1. The van der Waals surface area contributed by atoms with Crippen molar-refractivity contribution in [1.82, 2.24) is 4.90 Å². The number of benzene rings is 2. The third-order valence-electron chi connectivity index (χ3n) is 8.12. The van der Waals surface area contributed by atoms with Crippen molar-refractivity contribution in [3.05, 3.63) is 59.1 Å². The summed E-state index contributed by atoms with van der Waals surface area (Å²) in [6, 6.07) is 14.0. The summed E-state index contributed by atoms with van der Waals surface area (Å²) < 4.78 is -0.709. The number of anilines is 2. The average molecular weight is 542 g/mol. The number of nitrogens with one attached hydrogen (secondary N) is 2. The van der Waals surface area contributed by atoms with Gasteiger partial charge in [-0.25, -0.2) is 0 Å². The first-order valence-corrected chi connectivity index (χ1v) is 14.1. The highest BCUT2D eigenvalue weighted by Crippen LogP contribution is 2.68. The van der Waals surface area contributed by atoms with Gasteiger partial charge in [-0.05, 0) is 55.9 Å². The van der Waals surface area contributed by atoms with Crippen LogP contribution in [0.3, 0.4) is 0 Å². The molecule has 3 saturated heterocycles. The zero-order valence-corrected chi connectivity index (χ0v) is 22.5. The van der Waals surface area contributed by atoms with Crippen molar-refractivity contribution in [2.45, 2.75) is 49.1 Å². The molecule has 2 aromatic carbocycles. The molecule has 1 spiro atoms. The molecule has 37 heavy (non-hydrogen) atoms. The van der Waals surface area contributed by atoms with Crippen LogP contribution in [-0.4, -0.2) is 56.9 Å². The van der Waals surface area contributed by atoms with Gasteiger partial charge in [0, 0.05) is 24.1 Å². The molecular formula is C28H32ClN3O4S. The van der Waals surface area contributed by atoms with Crippen LogP contribution in [0.4, 0.5) is 11.4 Å². The molecule has 0 aliphatic carbocycles. The molecule has 3 heterocycles. The van der Waals surface area contributed by atoms with E-state index in [1.807, 2.05) is 49.4 Å². The molecule has 9 heteroatoms. The number of halogens is 1. The third-order valence-corrected chi connectivity index (χ3v) is 10.5. The number of amides is 3. The molecule has 3 aliphatic rings. The largest absolute Gasteiger partial charge is 0.396 e. The summed E-state index contributed by atoms with van der Waals surface area (Å²) in [4.78, 5) is 43.3. The van der Waals surface area contributed by atoms with Crippen molar-refractivity contribution in [1.29, 1.82) is 0 Å². The molecule has 2 bridgehead atoms. The number of aliphatic hydroxyl groups is 1. The number of likely N-dealkylation sites (tertiary alicyclic amines) is 1. The molecule has 7 nitrogen and oxygen atoms in total. The zero-order chi connectivity index (χ0) is 26.3. The van der Waals surface area contributed by atoms with E-state index in [4.69, 9.17) is 11.6 Å². The van der Waals surface area contributed by atoms with Gasteiger partial charge in [-0.15, -0.1) is 11.8 Å². The van der Waals surface area contributed by atoms with Crippen LogP contribution in [0.1, 0.15) is 31.7 Å². The Kier molecular flexibility index (Phi) is 7.27. The number of hydrogen-bond acceptors (Lipinski definition) is 5. The van der Waals surface area contributed by atoms with E-state index < -0.39 is 22.6 Å². The summed E-state index contributed by atoms with van der Waals surface area (Å²) in [5, 5.41) is 15.8. The first-order chi connectivity index (χ1) is 17.8. The van der Waals surface area contributed by atoms with E-state index in [1.165, 1.54) is 0 Å². The van der Waals surface area contributed by atoms with E-state index in [1.54, 1.807) is 22.7 Å². The van der Waals surface area contributed by atoms with Crippen LogP contribution >= 0.6 is 23.4 Å². The molecule has 5 rings (SSSR count). The first kappa shape index (κ1) is 26.1. The maximum absolute atomic E-state index is 14.0. The second kappa shape index (κ2) is 10.3. The number of aryl methyl sites for hydroxylation is 1. The van der Waals surface area contributed by atoms with Crippen LogP contribution in [0.5, 0.6) is 0 Å². The summed E-state index contributed by atoms with van der Waals surface area (Å²) >= 11 is 8.07. The molecule has 2 aromatic rings. The fourth-order valence-corrected chi connectivity index (χ4v) is 9.17. The average Bonchev–Trinajstić information content (AvgIpc) is 3.46. The van der Waals surface area contributed by atoms with Crippen molar-refractivity contribution < 1.29 is 19.5 Å². The quantitative estimate of drug-likeness (QED) is 0.432. The van der Waals surface area contributed by atoms with Gasteiger partial charge in [0.25, 0.3) is 0 Å². The SMILES string of the molecule is Cc1cccc(Cl)c1NC(=O)C1N(CCCCO)C(=O)[C@@H]2[C@@H](C(=O)Nc3ccccc3)[C@H]3CC(C)C12S3. The highest BCUT2D eigenvalue weighted by Gasteiger charge is 2.75. The Morgan fingerprint density at radius 2 is 1.86 bits per heavy atom. The van der Waals surface area contributed by atoms with Gasteiger partial charge < -0.3 is 20.6 Å². The van der Waals surface area contributed by atoms with Gasteiger partial charge >= 0.3 is 0 Å². The number of fused-ring (bicyclic) bond motifs is 1. The Morgan fingerprint density at radius 1 is 1.11 bits per heavy atom. The summed E-state index contributed by atoms with van der Waals surface area (Å²) in [6.45, 7) is 4.34. The van der Waals surface area contributed by atoms with Crippen molar-refractivity contribution in [2.75, 3.05) is 23.8 Å². The molecule has 196 valence electrons. The molecule has 3 N–H and O–H groups in total. The van der Waals surface area contributed by atoms with E-state index in [0.717, 1.165) is 12.0 Å². The van der Waals surface area contributed by atoms with Crippen LogP contribution < -0.4 is 10.6 Å². The number of hydrogen-bond donors (Lipinski definition) is 3. The van der Waals surface area contributed by atoms with E-state index in [0.29, 0.717) is 35.8 Å². The number of nitrogens with zero attached hydrogens (tertiary/aromatic N) is 1.